The second-order valence-electron chi connectivity index (χ2n) is 10.6. The molecule has 0 aliphatic rings. The zero-order valence-corrected chi connectivity index (χ0v) is 24.4. The first-order chi connectivity index (χ1) is 18.6. The second kappa shape index (κ2) is 16.1. The summed E-state index contributed by atoms with van der Waals surface area (Å²) in [6.45, 7) is 11.9. The van der Waals surface area contributed by atoms with E-state index in [0.717, 1.165) is 43.0 Å². The Kier molecular flexibility index (Phi) is 12.6. The van der Waals surface area contributed by atoms with Gasteiger partial charge in [-0.05, 0) is 83.3 Å². The van der Waals surface area contributed by atoms with Crippen molar-refractivity contribution < 1.29 is 4.74 Å². The third-order valence-electron chi connectivity index (χ3n) is 7.27. The summed E-state index contributed by atoms with van der Waals surface area (Å²) in [4.78, 5) is 0. The lowest BCUT2D eigenvalue weighted by atomic mass is 9.95. The summed E-state index contributed by atoms with van der Waals surface area (Å²) in [5.74, 6) is 1.35. The molecule has 0 saturated heterocycles. The van der Waals surface area contributed by atoms with Crippen molar-refractivity contribution in [3.05, 3.63) is 77.4 Å². The maximum atomic E-state index is 6.22. The van der Waals surface area contributed by atoms with Gasteiger partial charge in [0, 0.05) is 0 Å². The molecule has 0 atom stereocenters. The van der Waals surface area contributed by atoms with Crippen molar-refractivity contribution in [2.24, 2.45) is 10.2 Å². The van der Waals surface area contributed by atoms with Crippen LogP contribution in [0.25, 0.3) is 11.1 Å². The highest BCUT2D eigenvalue weighted by molar-refractivity contribution is 5.70. The molecule has 0 radical (unpaired) electrons. The zero-order chi connectivity index (χ0) is 27.2. The first-order valence-corrected chi connectivity index (χ1v) is 15.0. The number of aryl methyl sites for hydroxylation is 2. The summed E-state index contributed by atoms with van der Waals surface area (Å²) >= 11 is 0. The number of ether oxygens (including phenoxy) is 1. The van der Waals surface area contributed by atoms with Crippen molar-refractivity contribution in [1.82, 2.24) is 0 Å². The van der Waals surface area contributed by atoms with Crippen molar-refractivity contribution in [1.29, 1.82) is 0 Å². The zero-order valence-electron chi connectivity index (χ0n) is 24.4. The molecule has 0 aromatic heterocycles. The quantitative estimate of drug-likeness (QED) is 0.139. The van der Waals surface area contributed by atoms with Crippen LogP contribution in [0.3, 0.4) is 0 Å². The molecule has 3 aromatic rings. The largest absolute Gasteiger partial charge is 0.493 e. The summed E-state index contributed by atoms with van der Waals surface area (Å²) in [5.41, 5.74) is 8.05. The van der Waals surface area contributed by atoms with E-state index >= 15 is 0 Å². The smallest absolute Gasteiger partial charge is 0.122 e. The molecule has 0 fully saturated rings. The normalized spacial score (nSPS) is 11.5. The van der Waals surface area contributed by atoms with Gasteiger partial charge in [-0.1, -0.05) is 110 Å². The van der Waals surface area contributed by atoms with Gasteiger partial charge in [-0.15, -0.1) is 5.11 Å². The van der Waals surface area contributed by atoms with E-state index in [-0.39, 0.29) is 0 Å². The highest BCUT2D eigenvalue weighted by Gasteiger charge is 2.12. The molecular weight excluding hydrogens is 464 g/mol. The lowest BCUT2D eigenvalue weighted by Gasteiger charge is -2.15. The highest BCUT2D eigenvalue weighted by Crippen LogP contribution is 2.35. The number of nitrogens with zero attached hydrogens (tertiary/aromatic N) is 2. The third kappa shape index (κ3) is 8.82. The molecule has 0 spiro atoms. The number of unbranched alkanes of at least 4 members (excludes halogenated alkanes) is 7. The van der Waals surface area contributed by atoms with Gasteiger partial charge in [0.15, 0.2) is 0 Å². The van der Waals surface area contributed by atoms with Crippen molar-refractivity contribution in [3.63, 3.8) is 0 Å². The number of hydrogen-bond acceptors (Lipinski definition) is 3. The molecule has 0 bridgehead atoms. The highest BCUT2D eigenvalue weighted by atomic mass is 16.5. The molecule has 0 amide bonds. The molecule has 3 heteroatoms. The van der Waals surface area contributed by atoms with Gasteiger partial charge in [-0.3, -0.25) is 0 Å². The molecule has 0 saturated carbocycles. The number of hydrogen-bond donors (Lipinski definition) is 0. The van der Waals surface area contributed by atoms with Crippen molar-refractivity contribution in [2.75, 3.05) is 6.61 Å². The van der Waals surface area contributed by atoms with Crippen LogP contribution in [-0.4, -0.2) is 6.61 Å². The van der Waals surface area contributed by atoms with E-state index in [1.807, 2.05) is 6.07 Å². The van der Waals surface area contributed by atoms with E-state index in [1.54, 1.807) is 0 Å². The van der Waals surface area contributed by atoms with Crippen LogP contribution in [0.4, 0.5) is 11.4 Å². The minimum Gasteiger partial charge on any atom is -0.493 e. The lowest BCUT2D eigenvalue weighted by Crippen LogP contribution is -2.01. The van der Waals surface area contributed by atoms with Crippen LogP contribution in [-0.2, 0) is 12.8 Å². The Morgan fingerprint density at radius 2 is 1.29 bits per heavy atom. The maximum Gasteiger partial charge on any atom is 0.122 e. The first-order valence-electron chi connectivity index (χ1n) is 15.0. The molecule has 3 nitrogen and oxygen atoms in total. The number of rotatable bonds is 16. The van der Waals surface area contributed by atoms with Crippen LogP contribution in [0.2, 0.25) is 0 Å². The fourth-order valence-corrected chi connectivity index (χ4v) is 4.93. The van der Waals surface area contributed by atoms with Crippen LogP contribution >= 0.6 is 0 Å². The van der Waals surface area contributed by atoms with Gasteiger partial charge in [0.1, 0.15) is 5.75 Å². The van der Waals surface area contributed by atoms with Crippen molar-refractivity contribution >= 4 is 11.4 Å². The molecule has 204 valence electrons. The molecule has 0 aliphatic carbocycles. The van der Waals surface area contributed by atoms with Gasteiger partial charge in [-0.2, -0.15) is 5.11 Å². The molecule has 0 heterocycles. The van der Waals surface area contributed by atoms with E-state index in [9.17, 15) is 0 Å². The second-order valence-corrected chi connectivity index (χ2v) is 10.6. The topological polar surface area (TPSA) is 34.0 Å². The Morgan fingerprint density at radius 3 is 1.89 bits per heavy atom. The summed E-state index contributed by atoms with van der Waals surface area (Å²) < 4.78 is 6.22. The Morgan fingerprint density at radius 1 is 0.658 bits per heavy atom. The molecule has 0 N–H and O–H groups in total. The van der Waals surface area contributed by atoms with Crippen LogP contribution in [0.1, 0.15) is 109 Å². The maximum absolute atomic E-state index is 6.22. The van der Waals surface area contributed by atoms with Crippen LogP contribution < -0.4 is 4.74 Å². The molecular formula is C35H48N2O. The summed E-state index contributed by atoms with van der Waals surface area (Å²) in [6, 6.07) is 21.4. The first kappa shape index (κ1) is 29.6. The fraction of sp³-hybridized carbons (Fsp3) is 0.486. The molecule has 38 heavy (non-hydrogen) atoms. The number of benzene rings is 3. The summed E-state index contributed by atoms with van der Waals surface area (Å²) in [7, 11) is 0. The van der Waals surface area contributed by atoms with Gasteiger partial charge < -0.3 is 4.74 Å². The Hall–Kier alpha value is -2.94. The standard InChI is InChI=1S/C35H48N2O/c1-6-9-10-11-12-13-14-18-23-38-34-22-21-32(26-33(34)27(4)5)36-37-35-28(7-2)24-31(25-29(35)8-3)30-19-16-15-17-20-30/h15-17,19-22,24-27H,6-14,18,23H2,1-5H3/b37-36+. The number of azo groups is 1. The van der Waals surface area contributed by atoms with E-state index in [1.165, 1.54) is 72.8 Å². The van der Waals surface area contributed by atoms with Gasteiger partial charge in [-0.25, -0.2) is 0 Å². The molecule has 0 aliphatic heterocycles. The average molecular weight is 513 g/mol. The molecule has 3 aromatic carbocycles. The summed E-state index contributed by atoms with van der Waals surface area (Å²) in [5, 5.41) is 9.49. The SMILES string of the molecule is CCCCCCCCCCOc1ccc(/N=N/c2c(CC)cc(-c3ccccc3)cc2CC)cc1C(C)C. The van der Waals surface area contributed by atoms with Crippen molar-refractivity contribution in [3.8, 4) is 16.9 Å². The molecule has 3 rings (SSSR count). The Bertz CT molecular complexity index is 1110. The van der Waals surface area contributed by atoms with Crippen LogP contribution in [0.15, 0.2) is 70.9 Å². The minimum absolute atomic E-state index is 0.362. The van der Waals surface area contributed by atoms with Crippen molar-refractivity contribution in [2.45, 2.75) is 105 Å². The minimum atomic E-state index is 0.362. The van der Waals surface area contributed by atoms with Crippen LogP contribution in [0.5, 0.6) is 5.75 Å². The van der Waals surface area contributed by atoms with Crippen LogP contribution in [0, 0.1) is 0 Å². The van der Waals surface area contributed by atoms with E-state index in [0.29, 0.717) is 5.92 Å². The predicted molar refractivity (Wildman–Crippen MR) is 163 cm³/mol. The monoisotopic (exact) mass is 512 g/mol. The van der Waals surface area contributed by atoms with E-state index in [4.69, 9.17) is 15.0 Å². The van der Waals surface area contributed by atoms with E-state index in [2.05, 4.69) is 89.2 Å². The molecule has 0 unspecified atom stereocenters. The van der Waals surface area contributed by atoms with Gasteiger partial charge in [0.05, 0.1) is 18.0 Å². The Balaban J connectivity index is 1.68. The summed E-state index contributed by atoms with van der Waals surface area (Å²) in [6.07, 6.45) is 12.3. The van der Waals surface area contributed by atoms with Gasteiger partial charge in [0.25, 0.3) is 0 Å². The third-order valence-corrected chi connectivity index (χ3v) is 7.27. The lowest BCUT2D eigenvalue weighted by molar-refractivity contribution is 0.300. The average Bonchev–Trinajstić information content (AvgIpc) is 2.95. The van der Waals surface area contributed by atoms with Gasteiger partial charge >= 0.3 is 0 Å². The fourth-order valence-electron chi connectivity index (χ4n) is 4.93. The Labute approximate surface area is 231 Å². The van der Waals surface area contributed by atoms with E-state index < -0.39 is 0 Å². The van der Waals surface area contributed by atoms with Gasteiger partial charge in [0.2, 0.25) is 0 Å². The predicted octanol–water partition coefficient (Wildman–Crippen LogP) is 11.5.